The number of nitrogens with zero attached hydrogens (tertiary/aromatic N) is 4. The lowest BCUT2D eigenvalue weighted by molar-refractivity contribution is -0.134. The van der Waals surface area contributed by atoms with Gasteiger partial charge in [-0.25, -0.2) is 4.98 Å². The number of halogens is 1. The van der Waals surface area contributed by atoms with Crippen LogP contribution in [0.4, 0.5) is 0 Å². The van der Waals surface area contributed by atoms with Gasteiger partial charge in [0.15, 0.2) is 0 Å². The highest BCUT2D eigenvalue weighted by Gasteiger charge is 2.26. The first-order valence-electron chi connectivity index (χ1n) is 8.12. The van der Waals surface area contributed by atoms with Crippen LogP contribution in [0.5, 0.6) is 0 Å². The van der Waals surface area contributed by atoms with Crippen molar-refractivity contribution in [3.05, 3.63) is 29.0 Å². The summed E-state index contributed by atoms with van der Waals surface area (Å²) in [5.41, 5.74) is 0.531. The number of ether oxygens (including phenoxy) is 1. The molecule has 0 saturated carbocycles. The first-order chi connectivity index (χ1) is 11.6. The van der Waals surface area contributed by atoms with Crippen LogP contribution < -0.4 is 0 Å². The zero-order chi connectivity index (χ0) is 16.9. The molecule has 2 aliphatic rings. The van der Waals surface area contributed by atoms with Gasteiger partial charge in [0, 0.05) is 51.0 Å². The van der Waals surface area contributed by atoms with E-state index in [2.05, 4.69) is 9.88 Å². The highest BCUT2D eigenvalue weighted by atomic mass is 35.5. The van der Waals surface area contributed by atoms with Gasteiger partial charge in [-0.15, -0.1) is 0 Å². The lowest BCUT2D eigenvalue weighted by atomic mass is 10.2. The van der Waals surface area contributed by atoms with Crippen LogP contribution in [0.2, 0.25) is 5.15 Å². The van der Waals surface area contributed by atoms with Crippen LogP contribution in [-0.2, 0) is 9.53 Å². The Hall–Kier alpha value is -1.70. The predicted octanol–water partition coefficient (Wildman–Crippen LogP) is 0.352. The third-order valence-electron chi connectivity index (χ3n) is 4.36. The SMILES string of the molecule is O=C(CN1CCOCC1)N1CCN(C(=O)c2ccnc(Cl)c2)CC1. The van der Waals surface area contributed by atoms with Gasteiger partial charge in [-0.05, 0) is 12.1 Å². The van der Waals surface area contributed by atoms with E-state index in [1.165, 1.54) is 6.20 Å². The van der Waals surface area contributed by atoms with E-state index in [0.29, 0.717) is 56.7 Å². The van der Waals surface area contributed by atoms with E-state index in [9.17, 15) is 9.59 Å². The lowest BCUT2D eigenvalue weighted by Crippen LogP contribution is -2.53. The number of pyridine rings is 1. The fourth-order valence-corrected chi connectivity index (χ4v) is 3.10. The second-order valence-electron chi connectivity index (χ2n) is 5.93. The van der Waals surface area contributed by atoms with Crippen LogP contribution in [0.1, 0.15) is 10.4 Å². The molecule has 2 aliphatic heterocycles. The standard InChI is InChI=1S/C16H21ClN4O3/c17-14-11-13(1-2-18-14)16(23)21-5-3-20(4-6-21)15(22)12-19-7-9-24-10-8-19/h1-2,11H,3-10,12H2. The highest BCUT2D eigenvalue weighted by Crippen LogP contribution is 2.12. The van der Waals surface area contributed by atoms with Crippen LogP contribution in [0, 0.1) is 0 Å². The minimum absolute atomic E-state index is 0.0698. The van der Waals surface area contributed by atoms with E-state index < -0.39 is 0 Å². The van der Waals surface area contributed by atoms with Gasteiger partial charge < -0.3 is 14.5 Å². The molecule has 0 bridgehead atoms. The zero-order valence-corrected chi connectivity index (χ0v) is 14.2. The molecule has 130 valence electrons. The number of carbonyl (C=O) groups is 2. The Morgan fingerprint density at radius 1 is 1.08 bits per heavy atom. The summed E-state index contributed by atoms with van der Waals surface area (Å²) in [6.07, 6.45) is 1.53. The van der Waals surface area contributed by atoms with Crippen molar-refractivity contribution in [2.24, 2.45) is 0 Å². The maximum absolute atomic E-state index is 12.5. The van der Waals surface area contributed by atoms with E-state index in [0.717, 1.165) is 13.1 Å². The van der Waals surface area contributed by atoms with Gasteiger partial charge >= 0.3 is 0 Å². The van der Waals surface area contributed by atoms with E-state index in [1.807, 2.05) is 4.90 Å². The van der Waals surface area contributed by atoms with E-state index in [4.69, 9.17) is 16.3 Å². The van der Waals surface area contributed by atoms with Gasteiger partial charge in [0.1, 0.15) is 5.15 Å². The number of hydrogen-bond donors (Lipinski definition) is 0. The summed E-state index contributed by atoms with van der Waals surface area (Å²) in [6, 6.07) is 3.23. The number of rotatable bonds is 3. The topological polar surface area (TPSA) is 66.0 Å². The Morgan fingerprint density at radius 3 is 2.42 bits per heavy atom. The number of amides is 2. The molecule has 3 rings (SSSR count). The normalized spacial score (nSPS) is 19.4. The number of piperazine rings is 1. The summed E-state index contributed by atoms with van der Waals surface area (Å²) in [6.45, 7) is 5.59. The first kappa shape index (κ1) is 17.1. The molecule has 8 heteroatoms. The summed E-state index contributed by atoms with van der Waals surface area (Å²) in [7, 11) is 0. The third kappa shape index (κ3) is 4.23. The number of hydrogen-bond acceptors (Lipinski definition) is 5. The van der Waals surface area contributed by atoms with Crippen LogP contribution in [0.25, 0.3) is 0 Å². The quantitative estimate of drug-likeness (QED) is 0.734. The second-order valence-corrected chi connectivity index (χ2v) is 6.32. The van der Waals surface area contributed by atoms with E-state index in [-0.39, 0.29) is 11.8 Å². The summed E-state index contributed by atoms with van der Waals surface area (Å²) in [5.74, 6) is 0.0514. The number of morpholine rings is 1. The molecule has 24 heavy (non-hydrogen) atoms. The van der Waals surface area contributed by atoms with Gasteiger partial charge in [-0.3, -0.25) is 14.5 Å². The Labute approximate surface area is 146 Å². The average molecular weight is 353 g/mol. The van der Waals surface area contributed by atoms with Crippen LogP contribution in [-0.4, -0.2) is 90.5 Å². The Morgan fingerprint density at radius 2 is 1.75 bits per heavy atom. The third-order valence-corrected chi connectivity index (χ3v) is 4.56. The summed E-state index contributed by atoms with van der Waals surface area (Å²) in [5, 5.41) is 0.306. The molecule has 0 radical (unpaired) electrons. The molecule has 2 amide bonds. The maximum atomic E-state index is 12.5. The number of aromatic nitrogens is 1. The summed E-state index contributed by atoms with van der Waals surface area (Å²) < 4.78 is 5.29. The fraction of sp³-hybridized carbons (Fsp3) is 0.562. The zero-order valence-electron chi connectivity index (χ0n) is 13.5. The van der Waals surface area contributed by atoms with E-state index >= 15 is 0 Å². The van der Waals surface area contributed by atoms with Crippen LogP contribution in [0.3, 0.4) is 0 Å². The molecule has 0 aromatic carbocycles. The summed E-state index contributed by atoms with van der Waals surface area (Å²) in [4.78, 5) is 34.4. The first-order valence-corrected chi connectivity index (χ1v) is 8.50. The molecule has 1 aromatic rings. The molecule has 0 N–H and O–H groups in total. The Balaban J connectivity index is 1.50. The van der Waals surface area contributed by atoms with Gasteiger partial charge in [0.25, 0.3) is 5.91 Å². The molecule has 7 nitrogen and oxygen atoms in total. The molecule has 0 unspecified atom stereocenters. The van der Waals surface area contributed by atoms with Gasteiger partial charge in [-0.1, -0.05) is 11.6 Å². The average Bonchev–Trinajstić information content (AvgIpc) is 2.62. The summed E-state index contributed by atoms with van der Waals surface area (Å²) >= 11 is 5.84. The minimum Gasteiger partial charge on any atom is -0.379 e. The predicted molar refractivity (Wildman–Crippen MR) is 89.0 cm³/mol. The second kappa shape index (κ2) is 7.92. The van der Waals surface area contributed by atoms with E-state index in [1.54, 1.807) is 17.0 Å². The van der Waals surface area contributed by atoms with Crippen molar-refractivity contribution in [3.8, 4) is 0 Å². The van der Waals surface area contributed by atoms with Crippen molar-refractivity contribution in [3.63, 3.8) is 0 Å². The Kier molecular flexibility index (Phi) is 5.65. The minimum atomic E-state index is -0.0698. The maximum Gasteiger partial charge on any atom is 0.254 e. The van der Waals surface area contributed by atoms with Gasteiger partial charge in [0.2, 0.25) is 5.91 Å². The Bertz CT molecular complexity index is 599. The van der Waals surface area contributed by atoms with Crippen molar-refractivity contribution in [1.82, 2.24) is 19.7 Å². The lowest BCUT2D eigenvalue weighted by Gasteiger charge is -2.36. The molecule has 2 fully saturated rings. The number of carbonyl (C=O) groups excluding carboxylic acids is 2. The van der Waals surface area contributed by atoms with Crippen molar-refractivity contribution < 1.29 is 14.3 Å². The van der Waals surface area contributed by atoms with Crippen molar-refractivity contribution in [2.45, 2.75) is 0 Å². The highest BCUT2D eigenvalue weighted by molar-refractivity contribution is 6.29. The molecular weight excluding hydrogens is 332 g/mol. The molecule has 2 saturated heterocycles. The molecule has 0 atom stereocenters. The molecule has 0 aliphatic carbocycles. The smallest absolute Gasteiger partial charge is 0.254 e. The molecule has 0 spiro atoms. The van der Waals surface area contributed by atoms with Gasteiger partial charge in [-0.2, -0.15) is 0 Å². The van der Waals surface area contributed by atoms with Crippen molar-refractivity contribution in [2.75, 3.05) is 59.0 Å². The molecule has 1 aromatic heterocycles. The van der Waals surface area contributed by atoms with Crippen molar-refractivity contribution in [1.29, 1.82) is 0 Å². The van der Waals surface area contributed by atoms with Crippen molar-refractivity contribution >= 4 is 23.4 Å². The molecule has 3 heterocycles. The van der Waals surface area contributed by atoms with Crippen LogP contribution in [0.15, 0.2) is 18.3 Å². The monoisotopic (exact) mass is 352 g/mol. The molecular formula is C16H21ClN4O3. The van der Waals surface area contributed by atoms with Crippen LogP contribution >= 0.6 is 11.6 Å². The van der Waals surface area contributed by atoms with Gasteiger partial charge in [0.05, 0.1) is 19.8 Å². The fourth-order valence-electron chi connectivity index (χ4n) is 2.93. The largest absolute Gasteiger partial charge is 0.379 e.